The lowest BCUT2D eigenvalue weighted by Gasteiger charge is -2.34. The molecule has 116 valence electrons. The van der Waals surface area contributed by atoms with Gasteiger partial charge in [-0.1, -0.05) is 57.9 Å². The molecule has 0 spiro atoms. The highest BCUT2D eigenvalue weighted by atomic mass is 16.1. The molecule has 1 fully saturated rings. The van der Waals surface area contributed by atoms with Crippen LogP contribution in [0.15, 0.2) is 24.3 Å². The normalized spacial score (nSPS) is 18.2. The van der Waals surface area contributed by atoms with Crippen LogP contribution in [0.1, 0.15) is 57.6 Å². The molecule has 0 N–H and O–H groups in total. The van der Waals surface area contributed by atoms with Gasteiger partial charge in [-0.25, -0.2) is 0 Å². The quantitative estimate of drug-likeness (QED) is 0.835. The maximum absolute atomic E-state index is 12.8. The van der Waals surface area contributed by atoms with Crippen LogP contribution < -0.4 is 0 Å². The molecule has 0 heterocycles. The Kier molecular flexibility index (Phi) is 4.57. The van der Waals surface area contributed by atoms with E-state index in [4.69, 9.17) is 0 Å². The highest BCUT2D eigenvalue weighted by Gasteiger charge is 2.42. The molecule has 1 saturated carbocycles. The molecular weight excluding hydrogens is 258 g/mol. The summed E-state index contributed by atoms with van der Waals surface area (Å²) in [7, 11) is 4.10. The molecule has 1 aliphatic rings. The molecule has 0 aliphatic heterocycles. The van der Waals surface area contributed by atoms with Crippen molar-refractivity contribution in [2.45, 2.75) is 63.8 Å². The Morgan fingerprint density at radius 1 is 1.10 bits per heavy atom. The molecule has 2 nitrogen and oxygen atoms in total. The zero-order chi connectivity index (χ0) is 15.7. The number of rotatable bonds is 4. The molecule has 1 aromatic rings. The number of ketones is 1. The van der Waals surface area contributed by atoms with Crippen LogP contribution in [0.4, 0.5) is 0 Å². The lowest BCUT2D eigenvalue weighted by molar-refractivity contribution is -0.128. The Morgan fingerprint density at radius 2 is 1.62 bits per heavy atom. The largest absolute Gasteiger partial charge is 0.297 e. The number of hydrogen-bond acceptors (Lipinski definition) is 2. The molecule has 0 bridgehead atoms. The van der Waals surface area contributed by atoms with Crippen LogP contribution in [-0.2, 0) is 16.6 Å². The van der Waals surface area contributed by atoms with E-state index in [-0.39, 0.29) is 11.0 Å². The van der Waals surface area contributed by atoms with Crippen LogP contribution in [0.25, 0.3) is 0 Å². The lowest BCUT2D eigenvalue weighted by Crippen LogP contribution is -2.49. The summed E-state index contributed by atoms with van der Waals surface area (Å²) >= 11 is 0. The molecule has 0 aromatic heterocycles. The summed E-state index contributed by atoms with van der Waals surface area (Å²) in [6, 6.07) is 8.58. The maximum Gasteiger partial charge on any atom is 0.157 e. The molecular formula is C19H29NO. The van der Waals surface area contributed by atoms with Crippen molar-refractivity contribution in [2.24, 2.45) is 0 Å². The van der Waals surface area contributed by atoms with E-state index in [2.05, 4.69) is 49.9 Å². The topological polar surface area (TPSA) is 20.3 Å². The number of hydrogen-bond donors (Lipinski definition) is 0. The van der Waals surface area contributed by atoms with E-state index < -0.39 is 0 Å². The first kappa shape index (κ1) is 16.2. The first-order valence-corrected chi connectivity index (χ1v) is 8.06. The van der Waals surface area contributed by atoms with Crippen LogP contribution in [0.2, 0.25) is 0 Å². The fourth-order valence-electron chi connectivity index (χ4n) is 3.41. The van der Waals surface area contributed by atoms with Crippen molar-refractivity contribution >= 4 is 5.78 Å². The van der Waals surface area contributed by atoms with Crippen LogP contribution >= 0.6 is 0 Å². The Hall–Kier alpha value is -1.15. The number of Topliss-reactive ketones (excluding diaryl/α,β-unsaturated/α-hetero) is 1. The highest BCUT2D eigenvalue weighted by Crippen LogP contribution is 2.35. The second-order valence-electron chi connectivity index (χ2n) is 7.68. The molecule has 2 rings (SSSR count). The Labute approximate surface area is 129 Å². The fraction of sp³-hybridized carbons (Fsp3) is 0.632. The van der Waals surface area contributed by atoms with Crippen molar-refractivity contribution in [1.29, 1.82) is 0 Å². The number of nitrogens with zero attached hydrogens (tertiary/aromatic N) is 1. The van der Waals surface area contributed by atoms with Gasteiger partial charge in [-0.3, -0.25) is 9.69 Å². The Balaban J connectivity index is 2.12. The number of carbonyl (C=O) groups is 1. The van der Waals surface area contributed by atoms with E-state index >= 15 is 0 Å². The van der Waals surface area contributed by atoms with Gasteiger partial charge in [0.25, 0.3) is 0 Å². The van der Waals surface area contributed by atoms with E-state index in [1.807, 2.05) is 14.1 Å². The summed E-state index contributed by atoms with van der Waals surface area (Å²) < 4.78 is 0. The second-order valence-corrected chi connectivity index (χ2v) is 7.68. The minimum absolute atomic E-state index is 0.166. The van der Waals surface area contributed by atoms with Crippen LogP contribution in [0.5, 0.6) is 0 Å². The summed E-state index contributed by atoms with van der Waals surface area (Å²) in [4.78, 5) is 15.0. The van der Waals surface area contributed by atoms with Gasteiger partial charge >= 0.3 is 0 Å². The maximum atomic E-state index is 12.8. The van der Waals surface area contributed by atoms with E-state index in [9.17, 15) is 4.79 Å². The first-order valence-electron chi connectivity index (χ1n) is 8.06. The molecule has 0 atom stereocenters. The van der Waals surface area contributed by atoms with Gasteiger partial charge in [0.2, 0.25) is 0 Å². The van der Waals surface area contributed by atoms with E-state index in [1.54, 1.807) is 0 Å². The van der Waals surface area contributed by atoms with E-state index in [0.29, 0.717) is 12.2 Å². The molecule has 0 unspecified atom stereocenters. The van der Waals surface area contributed by atoms with Crippen molar-refractivity contribution < 1.29 is 4.79 Å². The molecule has 0 saturated heterocycles. The standard InChI is InChI=1S/C19H29NO/c1-18(2,3)16-10-8-15(9-11-16)14-17(21)19(20(4)5)12-6-7-13-19/h8-11H,6-7,12-14H2,1-5H3. The molecule has 21 heavy (non-hydrogen) atoms. The van der Waals surface area contributed by atoms with Gasteiger partial charge in [0.1, 0.15) is 0 Å². The average Bonchev–Trinajstić information content (AvgIpc) is 2.89. The lowest BCUT2D eigenvalue weighted by atomic mass is 9.84. The van der Waals surface area contributed by atoms with Crippen molar-refractivity contribution in [3.63, 3.8) is 0 Å². The molecule has 0 amide bonds. The molecule has 0 radical (unpaired) electrons. The summed E-state index contributed by atoms with van der Waals surface area (Å²) in [5.41, 5.74) is 2.41. The Morgan fingerprint density at radius 3 is 2.05 bits per heavy atom. The highest BCUT2D eigenvalue weighted by molar-refractivity contribution is 5.90. The van der Waals surface area contributed by atoms with E-state index in [1.165, 1.54) is 18.4 Å². The van der Waals surface area contributed by atoms with Crippen molar-refractivity contribution in [3.05, 3.63) is 35.4 Å². The van der Waals surface area contributed by atoms with Crippen LogP contribution in [0, 0.1) is 0 Å². The van der Waals surface area contributed by atoms with Gasteiger partial charge in [0, 0.05) is 6.42 Å². The van der Waals surface area contributed by atoms with Crippen molar-refractivity contribution in [2.75, 3.05) is 14.1 Å². The van der Waals surface area contributed by atoms with Gasteiger partial charge in [-0.05, 0) is 43.5 Å². The average molecular weight is 287 g/mol. The number of likely N-dealkylation sites (N-methyl/N-ethyl adjacent to an activating group) is 1. The summed E-state index contributed by atoms with van der Waals surface area (Å²) in [6.07, 6.45) is 4.93. The SMILES string of the molecule is CN(C)C1(C(=O)Cc2ccc(C(C)(C)C)cc2)CCCC1. The number of carbonyl (C=O) groups excluding carboxylic acids is 1. The van der Waals surface area contributed by atoms with Gasteiger partial charge < -0.3 is 0 Å². The van der Waals surface area contributed by atoms with Gasteiger partial charge in [0.05, 0.1) is 5.54 Å². The summed E-state index contributed by atoms with van der Waals surface area (Å²) in [5.74, 6) is 0.383. The van der Waals surface area contributed by atoms with Gasteiger partial charge in [-0.15, -0.1) is 0 Å². The fourth-order valence-corrected chi connectivity index (χ4v) is 3.41. The Bertz CT molecular complexity index is 487. The smallest absolute Gasteiger partial charge is 0.157 e. The molecule has 2 heteroatoms. The zero-order valence-electron chi connectivity index (χ0n) is 14.2. The summed E-state index contributed by atoms with van der Waals surface area (Å²) in [6.45, 7) is 6.65. The predicted octanol–water partition coefficient (Wildman–Crippen LogP) is 3.97. The van der Waals surface area contributed by atoms with Gasteiger partial charge in [0.15, 0.2) is 5.78 Å². The first-order chi connectivity index (χ1) is 9.75. The second kappa shape index (κ2) is 5.92. The third-order valence-corrected chi connectivity index (χ3v) is 4.99. The van der Waals surface area contributed by atoms with Crippen molar-refractivity contribution in [1.82, 2.24) is 4.90 Å². The third kappa shape index (κ3) is 3.37. The zero-order valence-corrected chi connectivity index (χ0v) is 14.2. The molecule has 1 aliphatic carbocycles. The summed E-state index contributed by atoms with van der Waals surface area (Å²) in [5, 5.41) is 0. The third-order valence-electron chi connectivity index (χ3n) is 4.99. The monoisotopic (exact) mass is 287 g/mol. The molecule has 1 aromatic carbocycles. The minimum Gasteiger partial charge on any atom is -0.297 e. The van der Waals surface area contributed by atoms with Crippen LogP contribution in [0.3, 0.4) is 0 Å². The van der Waals surface area contributed by atoms with Gasteiger partial charge in [-0.2, -0.15) is 0 Å². The van der Waals surface area contributed by atoms with E-state index in [0.717, 1.165) is 18.4 Å². The van der Waals surface area contributed by atoms with Crippen LogP contribution in [-0.4, -0.2) is 30.3 Å². The van der Waals surface area contributed by atoms with Crippen molar-refractivity contribution in [3.8, 4) is 0 Å². The minimum atomic E-state index is -0.220. The predicted molar refractivity (Wildman–Crippen MR) is 88.7 cm³/mol. The number of benzene rings is 1.